The Bertz CT molecular complexity index is 848. The average molecular weight is 527 g/mol. The highest BCUT2D eigenvalue weighted by atomic mass is 127. The Morgan fingerprint density at radius 3 is 2.33 bits per heavy atom. The summed E-state index contributed by atoms with van der Waals surface area (Å²) in [5.74, 6) is 2.70. The molecule has 7 heteroatoms. The monoisotopic (exact) mass is 527 g/mol. The van der Waals surface area contributed by atoms with Crippen molar-refractivity contribution in [2.45, 2.75) is 46.3 Å². The van der Waals surface area contributed by atoms with E-state index in [2.05, 4.69) is 16.4 Å². The predicted octanol–water partition coefficient (Wildman–Crippen LogP) is 4.45. The Hall–Kier alpha value is -2.16. The third-order valence-corrected chi connectivity index (χ3v) is 4.23. The number of nitrogens with one attached hydrogen (secondary N) is 1. The summed E-state index contributed by atoms with van der Waals surface area (Å²) in [6.07, 6.45) is 0.791. The summed E-state index contributed by atoms with van der Waals surface area (Å²) >= 11 is 0. The van der Waals surface area contributed by atoms with E-state index in [1.54, 1.807) is 14.2 Å². The topological polar surface area (TPSA) is 78.1 Å². The Kier molecular flexibility index (Phi) is 10.2. The largest absolute Gasteiger partial charge is 0.493 e. The number of halogens is 1. The summed E-state index contributed by atoms with van der Waals surface area (Å²) in [4.78, 5) is 4.47. The minimum Gasteiger partial charge on any atom is -0.493 e. The van der Waals surface area contributed by atoms with E-state index in [-0.39, 0.29) is 29.6 Å². The van der Waals surface area contributed by atoms with Crippen LogP contribution in [-0.4, -0.2) is 32.3 Å². The van der Waals surface area contributed by atoms with E-state index in [0.717, 1.165) is 40.4 Å². The number of nitrogens with zero attached hydrogens (tertiary/aromatic N) is 1. The van der Waals surface area contributed by atoms with Crippen LogP contribution >= 0.6 is 24.0 Å². The molecule has 0 aliphatic rings. The van der Waals surface area contributed by atoms with Crippen molar-refractivity contribution in [1.29, 1.82) is 0 Å². The maximum Gasteiger partial charge on any atom is 0.188 e. The van der Waals surface area contributed by atoms with Gasteiger partial charge in [0.15, 0.2) is 17.5 Å². The van der Waals surface area contributed by atoms with Gasteiger partial charge in [0.05, 0.1) is 20.8 Å². The zero-order valence-electron chi connectivity index (χ0n) is 18.7. The first kappa shape index (κ1) is 25.9. The normalized spacial score (nSPS) is 11.5. The number of hydrogen-bond acceptors (Lipinski definition) is 4. The summed E-state index contributed by atoms with van der Waals surface area (Å²) in [5.41, 5.74) is 9.07. The first-order valence-corrected chi connectivity index (χ1v) is 9.75. The van der Waals surface area contributed by atoms with Crippen molar-refractivity contribution in [1.82, 2.24) is 5.32 Å². The highest BCUT2D eigenvalue weighted by Crippen LogP contribution is 2.27. The molecule has 0 unspecified atom stereocenters. The number of methoxy groups -OCH3 is 2. The van der Waals surface area contributed by atoms with Crippen LogP contribution in [0.4, 0.5) is 0 Å². The van der Waals surface area contributed by atoms with Crippen molar-refractivity contribution in [3.63, 3.8) is 0 Å². The van der Waals surface area contributed by atoms with E-state index in [4.69, 9.17) is 19.9 Å². The Labute approximate surface area is 197 Å². The maximum atomic E-state index is 6.07. The van der Waals surface area contributed by atoms with Gasteiger partial charge in [-0.3, -0.25) is 0 Å². The number of guanidine groups is 1. The summed E-state index contributed by atoms with van der Waals surface area (Å²) in [7, 11) is 3.26. The number of aryl methyl sites for hydroxylation is 1. The van der Waals surface area contributed by atoms with Gasteiger partial charge in [0.25, 0.3) is 0 Å². The summed E-state index contributed by atoms with van der Waals surface area (Å²) in [6, 6.07) is 12.0. The SMILES string of the molecule is COc1ccc(CCNC(N)=NCc2ccc(C)cc2OC(C)(C)C)cc1OC.I. The number of aliphatic imine (C=N–C) groups is 1. The lowest BCUT2D eigenvalue weighted by Gasteiger charge is -2.23. The van der Waals surface area contributed by atoms with Crippen LogP contribution in [0.3, 0.4) is 0 Å². The predicted molar refractivity (Wildman–Crippen MR) is 134 cm³/mol. The minimum absolute atomic E-state index is 0. The lowest BCUT2D eigenvalue weighted by atomic mass is 10.1. The van der Waals surface area contributed by atoms with E-state index >= 15 is 0 Å². The second-order valence-corrected chi connectivity index (χ2v) is 7.89. The molecule has 0 fully saturated rings. The first-order valence-electron chi connectivity index (χ1n) is 9.75. The van der Waals surface area contributed by atoms with Gasteiger partial charge in [0, 0.05) is 12.1 Å². The molecule has 0 radical (unpaired) electrons. The maximum absolute atomic E-state index is 6.07. The van der Waals surface area contributed by atoms with Gasteiger partial charge >= 0.3 is 0 Å². The van der Waals surface area contributed by atoms with Gasteiger partial charge in [-0.25, -0.2) is 4.99 Å². The van der Waals surface area contributed by atoms with E-state index in [1.165, 1.54) is 0 Å². The zero-order valence-corrected chi connectivity index (χ0v) is 21.1. The third kappa shape index (κ3) is 8.30. The van der Waals surface area contributed by atoms with Crippen LogP contribution in [0.2, 0.25) is 0 Å². The van der Waals surface area contributed by atoms with Crippen molar-refractivity contribution in [2.75, 3.05) is 20.8 Å². The second-order valence-electron chi connectivity index (χ2n) is 7.89. The van der Waals surface area contributed by atoms with Crippen molar-refractivity contribution in [2.24, 2.45) is 10.7 Å². The molecule has 0 saturated carbocycles. The third-order valence-electron chi connectivity index (χ3n) is 4.23. The van der Waals surface area contributed by atoms with Gasteiger partial charge in [-0.05, 0) is 63.4 Å². The lowest BCUT2D eigenvalue weighted by Crippen LogP contribution is -2.33. The minimum atomic E-state index is -0.268. The molecule has 0 aliphatic heterocycles. The van der Waals surface area contributed by atoms with Crippen LogP contribution in [0.25, 0.3) is 0 Å². The molecule has 0 aromatic heterocycles. The molecule has 0 saturated heterocycles. The molecule has 0 spiro atoms. The summed E-state index contributed by atoms with van der Waals surface area (Å²) in [5, 5.41) is 3.16. The van der Waals surface area contributed by atoms with Crippen LogP contribution < -0.4 is 25.3 Å². The van der Waals surface area contributed by atoms with Crippen molar-refractivity contribution >= 4 is 29.9 Å². The van der Waals surface area contributed by atoms with E-state index in [9.17, 15) is 0 Å². The molecular formula is C23H34IN3O3. The van der Waals surface area contributed by atoms with E-state index < -0.39 is 0 Å². The Morgan fingerprint density at radius 2 is 1.70 bits per heavy atom. The molecular weight excluding hydrogens is 493 g/mol. The van der Waals surface area contributed by atoms with Gasteiger partial charge < -0.3 is 25.3 Å². The molecule has 166 valence electrons. The molecule has 0 atom stereocenters. The smallest absolute Gasteiger partial charge is 0.188 e. The molecule has 0 aliphatic carbocycles. The standard InChI is InChI=1S/C23H33N3O3.HI/c1-16-7-9-18(20(13-16)29-23(2,3)4)15-26-22(24)25-12-11-17-8-10-19(27-5)21(14-17)28-6;/h7-10,13-14H,11-12,15H2,1-6H3,(H3,24,25,26);1H. The quantitative estimate of drug-likeness (QED) is 0.301. The lowest BCUT2D eigenvalue weighted by molar-refractivity contribution is 0.129. The molecule has 2 rings (SSSR count). The number of hydrogen-bond donors (Lipinski definition) is 2. The highest BCUT2D eigenvalue weighted by molar-refractivity contribution is 14.0. The Balaban J connectivity index is 0.00000450. The van der Waals surface area contributed by atoms with Crippen molar-refractivity contribution < 1.29 is 14.2 Å². The van der Waals surface area contributed by atoms with Crippen molar-refractivity contribution in [3.8, 4) is 17.2 Å². The Morgan fingerprint density at radius 1 is 1.00 bits per heavy atom. The molecule has 0 amide bonds. The molecule has 3 N–H and O–H groups in total. The molecule has 2 aromatic rings. The molecule has 2 aromatic carbocycles. The van der Waals surface area contributed by atoms with Gasteiger partial charge in [0.2, 0.25) is 0 Å². The summed E-state index contributed by atoms with van der Waals surface area (Å²) in [6.45, 7) is 9.28. The van der Waals surface area contributed by atoms with E-state index in [0.29, 0.717) is 19.0 Å². The first-order chi connectivity index (χ1) is 13.7. The van der Waals surface area contributed by atoms with Crippen molar-refractivity contribution in [3.05, 3.63) is 53.1 Å². The van der Waals surface area contributed by atoms with Crippen LogP contribution in [-0.2, 0) is 13.0 Å². The number of nitrogens with two attached hydrogens (primary N) is 1. The number of benzene rings is 2. The highest BCUT2D eigenvalue weighted by Gasteiger charge is 2.14. The van der Waals surface area contributed by atoms with Gasteiger partial charge in [-0.2, -0.15) is 0 Å². The van der Waals surface area contributed by atoms with Crippen LogP contribution in [0.5, 0.6) is 17.2 Å². The van der Waals surface area contributed by atoms with E-state index in [1.807, 2.05) is 58.0 Å². The van der Waals surface area contributed by atoms with Crippen LogP contribution in [0, 0.1) is 6.92 Å². The van der Waals surface area contributed by atoms with Gasteiger partial charge in [-0.15, -0.1) is 24.0 Å². The number of ether oxygens (including phenoxy) is 3. The molecule has 30 heavy (non-hydrogen) atoms. The summed E-state index contributed by atoms with van der Waals surface area (Å²) < 4.78 is 16.7. The fraction of sp³-hybridized carbons (Fsp3) is 0.435. The van der Waals surface area contributed by atoms with Crippen LogP contribution in [0.15, 0.2) is 41.4 Å². The molecule has 0 bridgehead atoms. The zero-order chi connectivity index (χ0) is 21.4. The number of rotatable bonds is 8. The molecule has 0 heterocycles. The van der Waals surface area contributed by atoms with Crippen LogP contribution in [0.1, 0.15) is 37.5 Å². The average Bonchev–Trinajstić information content (AvgIpc) is 2.66. The van der Waals surface area contributed by atoms with Gasteiger partial charge in [-0.1, -0.05) is 18.2 Å². The molecule has 6 nitrogen and oxygen atoms in total. The second kappa shape index (κ2) is 11.9. The fourth-order valence-corrected chi connectivity index (χ4v) is 2.81. The van der Waals surface area contributed by atoms with Gasteiger partial charge in [0.1, 0.15) is 11.4 Å². The fourth-order valence-electron chi connectivity index (χ4n) is 2.81.